The maximum absolute atomic E-state index is 14.6. The first-order valence-electron chi connectivity index (χ1n) is 8.85. The quantitative estimate of drug-likeness (QED) is 0.455. The van der Waals surface area contributed by atoms with Crippen LogP contribution in [0.5, 0.6) is 0 Å². The van der Waals surface area contributed by atoms with Gasteiger partial charge in [-0.3, -0.25) is 9.63 Å². The van der Waals surface area contributed by atoms with Gasteiger partial charge in [-0.25, -0.2) is 14.3 Å². The van der Waals surface area contributed by atoms with Crippen LogP contribution >= 0.6 is 0 Å². The summed E-state index contributed by atoms with van der Waals surface area (Å²) in [5.74, 6) is -1.88. The lowest BCUT2D eigenvalue weighted by molar-refractivity contribution is 0.0168. The molecule has 0 saturated carbocycles. The van der Waals surface area contributed by atoms with Gasteiger partial charge in [0.15, 0.2) is 0 Å². The molecule has 3 N–H and O–H groups in total. The van der Waals surface area contributed by atoms with E-state index in [-0.39, 0.29) is 30.2 Å². The van der Waals surface area contributed by atoms with Crippen molar-refractivity contribution in [1.82, 2.24) is 5.48 Å². The SMILES string of the molecule is CCCCc1ccc(Nc2c(C(=O)NOCCO)ccc(C)c2F)c(F)c1. The van der Waals surface area contributed by atoms with Crippen molar-refractivity contribution in [2.45, 2.75) is 33.1 Å². The molecule has 1 amide bonds. The molecule has 0 unspecified atom stereocenters. The topological polar surface area (TPSA) is 70.6 Å². The summed E-state index contributed by atoms with van der Waals surface area (Å²) in [6.07, 6.45) is 2.73. The Labute approximate surface area is 157 Å². The molecule has 0 aliphatic rings. The van der Waals surface area contributed by atoms with Gasteiger partial charge in [-0.1, -0.05) is 25.5 Å². The third kappa shape index (κ3) is 5.48. The minimum Gasteiger partial charge on any atom is -0.394 e. The molecule has 0 heterocycles. The van der Waals surface area contributed by atoms with E-state index < -0.39 is 17.5 Å². The van der Waals surface area contributed by atoms with E-state index in [1.807, 2.05) is 0 Å². The molecular formula is C20H24F2N2O3. The number of hydrogen-bond donors (Lipinski definition) is 3. The summed E-state index contributed by atoms with van der Waals surface area (Å²) in [7, 11) is 0. The highest BCUT2D eigenvalue weighted by molar-refractivity contribution is 6.00. The van der Waals surface area contributed by atoms with Crippen LogP contribution in [-0.2, 0) is 11.3 Å². The summed E-state index contributed by atoms with van der Waals surface area (Å²) in [6, 6.07) is 7.60. The highest BCUT2D eigenvalue weighted by Gasteiger charge is 2.19. The van der Waals surface area contributed by atoms with Crippen LogP contribution in [0.3, 0.4) is 0 Å². The molecule has 0 aliphatic carbocycles. The Morgan fingerprint density at radius 2 is 2.00 bits per heavy atom. The van der Waals surface area contributed by atoms with Gasteiger partial charge in [0.25, 0.3) is 5.91 Å². The number of unbranched alkanes of at least 4 members (excludes halogenated alkanes) is 1. The van der Waals surface area contributed by atoms with Crippen molar-refractivity contribution in [3.05, 3.63) is 58.7 Å². The van der Waals surface area contributed by atoms with Crippen molar-refractivity contribution in [1.29, 1.82) is 0 Å². The third-order valence-electron chi connectivity index (χ3n) is 4.05. The summed E-state index contributed by atoms with van der Waals surface area (Å²) in [4.78, 5) is 17.0. The van der Waals surface area contributed by atoms with Gasteiger partial charge in [-0.05, 0) is 49.1 Å². The van der Waals surface area contributed by atoms with Gasteiger partial charge in [-0.2, -0.15) is 0 Å². The smallest absolute Gasteiger partial charge is 0.277 e. The predicted octanol–water partition coefficient (Wildman–Crippen LogP) is 4.01. The highest BCUT2D eigenvalue weighted by Crippen LogP contribution is 2.28. The summed E-state index contributed by atoms with van der Waals surface area (Å²) in [6.45, 7) is 3.23. The van der Waals surface area contributed by atoms with Crippen LogP contribution in [0, 0.1) is 18.6 Å². The first-order valence-corrected chi connectivity index (χ1v) is 8.85. The van der Waals surface area contributed by atoms with Gasteiger partial charge in [0.2, 0.25) is 0 Å². The second-order valence-corrected chi connectivity index (χ2v) is 6.17. The van der Waals surface area contributed by atoms with E-state index in [4.69, 9.17) is 9.94 Å². The van der Waals surface area contributed by atoms with E-state index in [2.05, 4.69) is 17.7 Å². The molecule has 0 saturated heterocycles. The molecule has 2 aromatic carbocycles. The summed E-state index contributed by atoms with van der Waals surface area (Å²) >= 11 is 0. The number of rotatable bonds is 9. The molecule has 0 atom stereocenters. The lowest BCUT2D eigenvalue weighted by Crippen LogP contribution is -2.26. The van der Waals surface area contributed by atoms with Crippen LogP contribution in [0.2, 0.25) is 0 Å². The van der Waals surface area contributed by atoms with Gasteiger partial charge in [0.1, 0.15) is 11.6 Å². The Kier molecular flexibility index (Phi) is 7.69. The average molecular weight is 378 g/mol. The van der Waals surface area contributed by atoms with Crippen LogP contribution in [0.25, 0.3) is 0 Å². The number of benzene rings is 2. The lowest BCUT2D eigenvalue weighted by Gasteiger charge is -2.15. The van der Waals surface area contributed by atoms with Gasteiger partial charge >= 0.3 is 0 Å². The van der Waals surface area contributed by atoms with E-state index in [1.165, 1.54) is 24.3 Å². The third-order valence-corrected chi connectivity index (χ3v) is 4.05. The number of halogens is 2. The number of hydrogen-bond acceptors (Lipinski definition) is 4. The Hall–Kier alpha value is -2.51. The van der Waals surface area contributed by atoms with Crippen molar-refractivity contribution in [3.63, 3.8) is 0 Å². The Balaban J connectivity index is 2.29. The zero-order valence-corrected chi connectivity index (χ0v) is 15.4. The average Bonchev–Trinajstić information content (AvgIpc) is 2.65. The standard InChI is InChI=1S/C20H24F2N2O3/c1-3-4-5-14-7-9-17(16(21)12-14)23-19-15(8-6-13(2)18(19)22)20(26)24-27-11-10-25/h6-9,12,23,25H,3-5,10-11H2,1-2H3,(H,24,26). The number of nitrogens with one attached hydrogen (secondary N) is 2. The van der Waals surface area contributed by atoms with E-state index in [1.54, 1.807) is 13.0 Å². The molecule has 2 aromatic rings. The number of carbonyl (C=O) groups is 1. The monoisotopic (exact) mass is 378 g/mol. The zero-order chi connectivity index (χ0) is 19.8. The van der Waals surface area contributed by atoms with Crippen molar-refractivity contribution < 1.29 is 23.5 Å². The van der Waals surface area contributed by atoms with Crippen LogP contribution in [0.1, 0.15) is 41.3 Å². The van der Waals surface area contributed by atoms with Crippen molar-refractivity contribution in [3.8, 4) is 0 Å². The summed E-state index contributed by atoms with van der Waals surface area (Å²) in [5, 5.41) is 11.4. The van der Waals surface area contributed by atoms with Crippen molar-refractivity contribution >= 4 is 17.3 Å². The van der Waals surface area contributed by atoms with E-state index in [9.17, 15) is 13.6 Å². The highest BCUT2D eigenvalue weighted by atomic mass is 19.1. The largest absolute Gasteiger partial charge is 0.394 e. The first-order chi connectivity index (χ1) is 13.0. The maximum atomic E-state index is 14.6. The fourth-order valence-electron chi connectivity index (χ4n) is 2.54. The second-order valence-electron chi connectivity index (χ2n) is 6.17. The number of hydroxylamine groups is 1. The minimum absolute atomic E-state index is 0.0366. The van der Waals surface area contributed by atoms with Crippen molar-refractivity contribution in [2.75, 3.05) is 18.5 Å². The Morgan fingerprint density at radius 3 is 2.67 bits per heavy atom. The van der Waals surface area contributed by atoms with Gasteiger partial charge in [-0.15, -0.1) is 0 Å². The van der Waals surface area contributed by atoms with Crippen LogP contribution < -0.4 is 10.8 Å². The molecule has 0 radical (unpaired) electrons. The normalized spacial score (nSPS) is 10.7. The summed E-state index contributed by atoms with van der Waals surface area (Å²) in [5.41, 5.74) is 3.19. The van der Waals surface area contributed by atoms with Gasteiger partial charge < -0.3 is 10.4 Å². The van der Waals surface area contributed by atoms with Crippen LogP contribution in [-0.4, -0.2) is 24.2 Å². The molecule has 0 fully saturated rings. The molecule has 2 rings (SSSR count). The molecule has 0 bridgehead atoms. The Morgan fingerprint density at radius 1 is 1.22 bits per heavy atom. The number of aliphatic hydroxyl groups is 1. The molecular weight excluding hydrogens is 354 g/mol. The zero-order valence-electron chi connectivity index (χ0n) is 15.4. The maximum Gasteiger partial charge on any atom is 0.277 e. The first kappa shape index (κ1) is 20.8. The van der Waals surface area contributed by atoms with Crippen LogP contribution in [0.4, 0.5) is 20.2 Å². The molecule has 0 spiro atoms. The fraction of sp³-hybridized carbons (Fsp3) is 0.350. The molecule has 0 aromatic heterocycles. The molecule has 5 nitrogen and oxygen atoms in total. The van der Waals surface area contributed by atoms with E-state index in [0.29, 0.717) is 5.56 Å². The number of aryl methyl sites for hydroxylation is 2. The number of anilines is 2. The lowest BCUT2D eigenvalue weighted by atomic mass is 10.1. The second kappa shape index (κ2) is 9.99. The summed E-state index contributed by atoms with van der Waals surface area (Å²) < 4.78 is 29.1. The van der Waals surface area contributed by atoms with E-state index >= 15 is 0 Å². The van der Waals surface area contributed by atoms with E-state index in [0.717, 1.165) is 24.8 Å². The molecule has 7 heteroatoms. The number of carbonyl (C=O) groups excluding carboxylic acids is 1. The van der Waals surface area contributed by atoms with Gasteiger partial charge in [0, 0.05) is 0 Å². The molecule has 146 valence electrons. The minimum atomic E-state index is -0.704. The number of aliphatic hydroxyl groups excluding tert-OH is 1. The van der Waals surface area contributed by atoms with Gasteiger partial charge in [0.05, 0.1) is 30.2 Å². The predicted molar refractivity (Wildman–Crippen MR) is 99.9 cm³/mol. The van der Waals surface area contributed by atoms with Crippen molar-refractivity contribution in [2.24, 2.45) is 0 Å². The fourth-order valence-corrected chi connectivity index (χ4v) is 2.54. The van der Waals surface area contributed by atoms with Crippen LogP contribution in [0.15, 0.2) is 30.3 Å². The number of amides is 1. The molecule has 0 aliphatic heterocycles. The Bertz CT molecular complexity index is 797. The molecule has 27 heavy (non-hydrogen) atoms.